The summed E-state index contributed by atoms with van der Waals surface area (Å²) in [6.45, 7) is 1.95. The van der Waals surface area contributed by atoms with Gasteiger partial charge in [0.25, 0.3) is 0 Å². The predicted octanol–water partition coefficient (Wildman–Crippen LogP) is 4.43. The zero-order valence-electron chi connectivity index (χ0n) is 9.74. The van der Waals surface area contributed by atoms with Crippen molar-refractivity contribution in [2.24, 2.45) is 0 Å². The number of aryl methyl sites for hydroxylation is 1. The molecule has 2 rings (SSSR count). The Balaban J connectivity index is 2.68. The van der Waals surface area contributed by atoms with Crippen molar-refractivity contribution in [2.45, 2.75) is 13.3 Å². The first-order valence-corrected chi connectivity index (χ1v) is 6.16. The van der Waals surface area contributed by atoms with Crippen LogP contribution in [0.4, 0.5) is 0 Å². The predicted molar refractivity (Wildman–Crippen MR) is 73.7 cm³/mol. The molecular weight excluding hydrogens is 267 g/mol. The summed E-state index contributed by atoms with van der Waals surface area (Å²) in [6.07, 6.45) is 2.01. The van der Waals surface area contributed by atoms with Crippen LogP contribution in [-0.2, 0) is 6.42 Å². The lowest BCUT2D eigenvalue weighted by Gasteiger charge is -2.11. The number of hydrogen-bond donors (Lipinski definition) is 0. The van der Waals surface area contributed by atoms with Gasteiger partial charge in [0.1, 0.15) is 0 Å². The van der Waals surface area contributed by atoms with E-state index in [-0.39, 0.29) is 0 Å². The molecule has 1 aromatic heterocycles. The van der Waals surface area contributed by atoms with Gasteiger partial charge in [-0.1, -0.05) is 35.3 Å². The summed E-state index contributed by atoms with van der Waals surface area (Å²) in [5.74, 6) is 0. The van der Waals surface area contributed by atoms with E-state index in [0.29, 0.717) is 16.5 Å². The van der Waals surface area contributed by atoms with Gasteiger partial charge in [0.2, 0.25) is 0 Å². The van der Waals surface area contributed by atoms with Crippen LogP contribution in [-0.4, -0.2) is 4.98 Å². The van der Waals surface area contributed by atoms with Gasteiger partial charge in [-0.15, -0.1) is 0 Å². The number of nitriles is 1. The number of hydrogen-bond acceptors (Lipinski definition) is 2. The Morgan fingerprint density at radius 2 is 2.06 bits per heavy atom. The molecule has 0 aliphatic heterocycles. The molecule has 0 N–H and O–H groups in total. The van der Waals surface area contributed by atoms with Crippen LogP contribution in [0, 0.1) is 18.3 Å². The summed E-state index contributed by atoms with van der Waals surface area (Å²) in [6, 6.07) is 9.45. The minimum absolute atomic E-state index is 0.303. The van der Waals surface area contributed by atoms with Gasteiger partial charge in [-0.3, -0.25) is 4.98 Å². The van der Waals surface area contributed by atoms with Crippen molar-refractivity contribution in [3.8, 4) is 17.3 Å². The highest BCUT2D eigenvalue weighted by Gasteiger charge is 2.13. The maximum absolute atomic E-state index is 8.90. The van der Waals surface area contributed by atoms with Crippen molar-refractivity contribution in [1.82, 2.24) is 4.98 Å². The molecule has 0 atom stereocenters. The average molecular weight is 277 g/mol. The lowest BCUT2D eigenvalue weighted by molar-refractivity contribution is 1.15. The molecule has 0 fully saturated rings. The van der Waals surface area contributed by atoms with Gasteiger partial charge in [0.05, 0.1) is 28.2 Å². The Morgan fingerprint density at radius 1 is 1.28 bits per heavy atom. The van der Waals surface area contributed by atoms with E-state index in [2.05, 4.69) is 11.1 Å². The summed E-state index contributed by atoms with van der Waals surface area (Å²) < 4.78 is 0. The van der Waals surface area contributed by atoms with Crippen molar-refractivity contribution < 1.29 is 0 Å². The first-order valence-electron chi connectivity index (χ1n) is 5.41. The number of pyridine rings is 1. The van der Waals surface area contributed by atoms with Crippen molar-refractivity contribution in [3.63, 3.8) is 0 Å². The Bertz CT molecular complexity index is 630. The van der Waals surface area contributed by atoms with Crippen LogP contribution in [0.15, 0.2) is 30.5 Å². The standard InChI is InChI=1S/C14H10Cl2N2/c1-9-6-8-18-14(10(9)5-7-17)11-3-2-4-12(15)13(11)16/h2-4,6,8H,5H2,1H3. The van der Waals surface area contributed by atoms with Crippen molar-refractivity contribution in [2.75, 3.05) is 0 Å². The molecule has 0 bridgehead atoms. The third-order valence-electron chi connectivity index (χ3n) is 2.75. The van der Waals surface area contributed by atoms with Crippen molar-refractivity contribution in [3.05, 3.63) is 51.6 Å². The van der Waals surface area contributed by atoms with E-state index >= 15 is 0 Å². The van der Waals surface area contributed by atoms with E-state index < -0.39 is 0 Å². The zero-order valence-corrected chi connectivity index (χ0v) is 11.3. The normalized spacial score (nSPS) is 10.1. The average Bonchev–Trinajstić information content (AvgIpc) is 2.36. The second-order valence-corrected chi connectivity index (χ2v) is 4.68. The lowest BCUT2D eigenvalue weighted by Crippen LogP contribution is -1.96. The first kappa shape index (κ1) is 12.9. The molecule has 2 aromatic rings. The van der Waals surface area contributed by atoms with Crippen LogP contribution in [0.5, 0.6) is 0 Å². The first-order chi connectivity index (χ1) is 8.65. The SMILES string of the molecule is Cc1ccnc(-c2cccc(Cl)c2Cl)c1CC#N. The van der Waals surface area contributed by atoms with E-state index in [4.69, 9.17) is 28.5 Å². The number of benzene rings is 1. The Hall–Kier alpha value is -1.56. The molecule has 18 heavy (non-hydrogen) atoms. The number of rotatable bonds is 2. The molecule has 0 amide bonds. The van der Waals surface area contributed by atoms with Crippen molar-refractivity contribution >= 4 is 23.2 Å². The molecule has 1 aromatic carbocycles. The Labute approximate surface area is 116 Å². The molecule has 0 saturated carbocycles. The summed E-state index contributed by atoms with van der Waals surface area (Å²) in [4.78, 5) is 4.34. The van der Waals surface area contributed by atoms with E-state index in [0.717, 1.165) is 22.4 Å². The second-order valence-electron chi connectivity index (χ2n) is 3.89. The molecule has 4 heteroatoms. The fourth-order valence-corrected chi connectivity index (χ4v) is 2.20. The monoisotopic (exact) mass is 276 g/mol. The highest BCUT2D eigenvalue weighted by molar-refractivity contribution is 6.43. The maximum atomic E-state index is 8.90. The van der Waals surface area contributed by atoms with Gasteiger partial charge >= 0.3 is 0 Å². The van der Waals surface area contributed by atoms with E-state index in [1.165, 1.54) is 0 Å². The molecule has 2 nitrogen and oxygen atoms in total. The van der Waals surface area contributed by atoms with Gasteiger partial charge in [-0.25, -0.2) is 0 Å². The van der Waals surface area contributed by atoms with Crippen LogP contribution < -0.4 is 0 Å². The van der Waals surface area contributed by atoms with Gasteiger partial charge < -0.3 is 0 Å². The number of aromatic nitrogens is 1. The number of halogens is 2. The molecule has 0 aliphatic carbocycles. The maximum Gasteiger partial charge on any atom is 0.0762 e. The van der Waals surface area contributed by atoms with E-state index in [1.807, 2.05) is 25.1 Å². The van der Waals surface area contributed by atoms with Crippen LogP contribution in [0.2, 0.25) is 10.0 Å². The van der Waals surface area contributed by atoms with Crippen LogP contribution >= 0.6 is 23.2 Å². The van der Waals surface area contributed by atoms with Gasteiger partial charge in [-0.05, 0) is 30.2 Å². The molecule has 0 spiro atoms. The molecule has 0 unspecified atom stereocenters. The third kappa shape index (κ3) is 2.33. The smallest absolute Gasteiger partial charge is 0.0762 e. The summed E-state index contributed by atoms with van der Waals surface area (Å²) in [5, 5.41) is 9.86. The molecule has 0 radical (unpaired) electrons. The molecular formula is C14H10Cl2N2. The van der Waals surface area contributed by atoms with E-state index in [1.54, 1.807) is 12.3 Å². The fourth-order valence-electron chi connectivity index (χ4n) is 1.81. The van der Waals surface area contributed by atoms with Gasteiger partial charge in [-0.2, -0.15) is 5.26 Å². The van der Waals surface area contributed by atoms with Gasteiger partial charge in [0, 0.05) is 11.8 Å². The summed E-state index contributed by atoms with van der Waals surface area (Å²) in [5.41, 5.74) is 3.41. The summed E-state index contributed by atoms with van der Waals surface area (Å²) >= 11 is 12.2. The highest BCUT2D eigenvalue weighted by Crippen LogP contribution is 2.34. The fraction of sp³-hybridized carbons (Fsp3) is 0.143. The van der Waals surface area contributed by atoms with Crippen LogP contribution in [0.1, 0.15) is 11.1 Å². The molecule has 0 aliphatic rings. The van der Waals surface area contributed by atoms with Gasteiger partial charge in [0.15, 0.2) is 0 Å². The lowest BCUT2D eigenvalue weighted by atomic mass is 10.00. The second kappa shape index (κ2) is 5.39. The quantitative estimate of drug-likeness (QED) is 0.814. The largest absolute Gasteiger partial charge is 0.256 e. The Kier molecular flexibility index (Phi) is 3.86. The van der Waals surface area contributed by atoms with E-state index in [9.17, 15) is 0 Å². The third-order valence-corrected chi connectivity index (χ3v) is 3.57. The minimum atomic E-state index is 0.303. The molecule has 90 valence electrons. The number of nitrogens with zero attached hydrogens (tertiary/aromatic N) is 2. The van der Waals surface area contributed by atoms with Crippen LogP contribution in [0.25, 0.3) is 11.3 Å². The summed E-state index contributed by atoms with van der Waals surface area (Å²) in [7, 11) is 0. The zero-order chi connectivity index (χ0) is 13.1. The molecule has 1 heterocycles. The van der Waals surface area contributed by atoms with Crippen LogP contribution in [0.3, 0.4) is 0 Å². The highest BCUT2D eigenvalue weighted by atomic mass is 35.5. The Morgan fingerprint density at radius 3 is 2.78 bits per heavy atom. The topological polar surface area (TPSA) is 36.7 Å². The van der Waals surface area contributed by atoms with Crippen molar-refractivity contribution in [1.29, 1.82) is 5.26 Å². The minimum Gasteiger partial charge on any atom is -0.256 e. The molecule has 0 saturated heterocycles.